The highest BCUT2D eigenvalue weighted by Crippen LogP contribution is 2.23. The van der Waals surface area contributed by atoms with Crippen LogP contribution in [0.25, 0.3) is 0 Å². The lowest BCUT2D eigenvalue weighted by Gasteiger charge is -2.17. The van der Waals surface area contributed by atoms with Gasteiger partial charge in [0, 0.05) is 5.56 Å². The highest BCUT2D eigenvalue weighted by atomic mass is 32.2. The van der Waals surface area contributed by atoms with Gasteiger partial charge in [0.15, 0.2) is 0 Å². The molecule has 0 aliphatic carbocycles. The zero-order valence-corrected chi connectivity index (χ0v) is 17.5. The zero-order valence-electron chi connectivity index (χ0n) is 16.7. The molecule has 3 rings (SSSR count). The molecule has 29 heavy (non-hydrogen) atoms. The van der Waals surface area contributed by atoms with Gasteiger partial charge in [-0.2, -0.15) is 0 Å². The third kappa shape index (κ3) is 4.95. The maximum Gasteiger partial charge on any atom is 0.263 e. The summed E-state index contributed by atoms with van der Waals surface area (Å²) >= 11 is 0. The average molecular weight is 416 g/mol. The maximum atomic E-state index is 12.7. The second-order valence-corrected chi connectivity index (χ2v) is 8.88. The highest BCUT2D eigenvalue weighted by molar-refractivity contribution is 7.90. The largest absolute Gasteiger partial charge is 0.492 e. The van der Waals surface area contributed by atoms with Crippen molar-refractivity contribution in [3.8, 4) is 5.75 Å². The summed E-state index contributed by atoms with van der Waals surface area (Å²) < 4.78 is 32.6. The molecule has 2 N–H and O–H groups in total. The number of aryl methyl sites for hydroxylation is 1. The SMILES string of the molecule is Cc1cccc(OCCNC(=O)[C@@H](N=C2NS(=O)(=O)c3ccccc32)C(C)C)c1. The lowest BCUT2D eigenvalue weighted by atomic mass is 10.0. The summed E-state index contributed by atoms with van der Waals surface area (Å²) in [4.78, 5) is 17.3. The number of ether oxygens (including phenoxy) is 1. The lowest BCUT2D eigenvalue weighted by Crippen LogP contribution is -2.40. The number of hydrogen-bond acceptors (Lipinski definition) is 5. The number of hydrogen-bond donors (Lipinski definition) is 2. The zero-order chi connectivity index (χ0) is 21.0. The van der Waals surface area contributed by atoms with Gasteiger partial charge < -0.3 is 10.1 Å². The summed E-state index contributed by atoms with van der Waals surface area (Å²) in [5.41, 5.74) is 1.58. The van der Waals surface area contributed by atoms with Crippen LogP contribution in [0.4, 0.5) is 0 Å². The summed E-state index contributed by atoms with van der Waals surface area (Å²) in [6.07, 6.45) is 0. The van der Waals surface area contributed by atoms with Crippen LogP contribution in [0, 0.1) is 12.8 Å². The molecular formula is C21H25N3O4S. The Labute approximate surface area is 171 Å². The van der Waals surface area contributed by atoms with Gasteiger partial charge in [0.2, 0.25) is 5.91 Å². The molecule has 2 aromatic carbocycles. The Hall–Kier alpha value is -2.87. The number of carbonyl (C=O) groups is 1. The number of amides is 1. The topological polar surface area (TPSA) is 96.9 Å². The van der Waals surface area contributed by atoms with Crippen LogP contribution in [0.3, 0.4) is 0 Å². The van der Waals surface area contributed by atoms with Crippen molar-refractivity contribution in [1.29, 1.82) is 0 Å². The first-order valence-electron chi connectivity index (χ1n) is 9.45. The fourth-order valence-corrected chi connectivity index (χ4v) is 4.27. The van der Waals surface area contributed by atoms with Crippen molar-refractivity contribution in [3.05, 3.63) is 59.7 Å². The predicted molar refractivity (Wildman–Crippen MR) is 112 cm³/mol. The van der Waals surface area contributed by atoms with Crippen LogP contribution in [-0.2, 0) is 14.8 Å². The number of sulfonamides is 1. The summed E-state index contributed by atoms with van der Waals surface area (Å²) in [5.74, 6) is 0.559. The Balaban J connectivity index is 1.65. The normalized spacial score (nSPS) is 16.9. The predicted octanol–water partition coefficient (Wildman–Crippen LogP) is 2.25. The second-order valence-electron chi connectivity index (χ2n) is 7.22. The summed E-state index contributed by atoms with van der Waals surface area (Å²) in [6, 6.07) is 13.6. The number of benzene rings is 2. The van der Waals surface area contributed by atoms with Gasteiger partial charge in [0.25, 0.3) is 10.0 Å². The van der Waals surface area contributed by atoms with Crippen LogP contribution in [0.1, 0.15) is 25.0 Å². The van der Waals surface area contributed by atoms with Crippen LogP contribution in [-0.4, -0.2) is 39.4 Å². The molecule has 0 saturated heterocycles. The Kier molecular flexibility index (Phi) is 6.22. The lowest BCUT2D eigenvalue weighted by molar-refractivity contribution is -0.123. The van der Waals surface area contributed by atoms with Gasteiger partial charge >= 0.3 is 0 Å². The van der Waals surface area contributed by atoms with Crippen molar-refractivity contribution < 1.29 is 17.9 Å². The minimum atomic E-state index is -3.64. The molecule has 0 radical (unpaired) electrons. The van der Waals surface area contributed by atoms with E-state index in [2.05, 4.69) is 15.0 Å². The number of nitrogens with zero attached hydrogens (tertiary/aromatic N) is 1. The fourth-order valence-electron chi connectivity index (χ4n) is 3.03. The number of nitrogens with one attached hydrogen (secondary N) is 2. The fraction of sp³-hybridized carbons (Fsp3) is 0.333. The van der Waals surface area contributed by atoms with Crippen molar-refractivity contribution in [2.75, 3.05) is 13.2 Å². The van der Waals surface area contributed by atoms with E-state index < -0.39 is 16.1 Å². The molecule has 0 unspecified atom stereocenters. The third-order valence-electron chi connectivity index (χ3n) is 4.49. The number of aliphatic imine (C=N–C) groups is 1. The molecular weight excluding hydrogens is 390 g/mol. The molecule has 0 fully saturated rings. The molecule has 2 aromatic rings. The second kappa shape index (κ2) is 8.65. The van der Waals surface area contributed by atoms with E-state index >= 15 is 0 Å². The van der Waals surface area contributed by atoms with E-state index in [1.54, 1.807) is 18.2 Å². The standard InChI is InChI=1S/C21H25N3O4S/c1-14(2)19(21(25)22-11-12-28-16-8-6-7-15(3)13-16)23-20-17-9-4-5-10-18(17)29(26,27)24-20/h4-10,13-14,19H,11-12H2,1-3H3,(H,22,25)(H,23,24)/t19-/m0/s1. The van der Waals surface area contributed by atoms with Crippen molar-refractivity contribution >= 4 is 21.8 Å². The third-order valence-corrected chi connectivity index (χ3v) is 5.89. The van der Waals surface area contributed by atoms with Crippen molar-refractivity contribution in [2.45, 2.75) is 31.7 Å². The molecule has 0 saturated carbocycles. The molecule has 1 aliphatic heterocycles. The van der Waals surface area contributed by atoms with Gasteiger partial charge in [0.1, 0.15) is 24.2 Å². The van der Waals surface area contributed by atoms with E-state index in [-0.39, 0.29) is 22.6 Å². The minimum absolute atomic E-state index is 0.113. The van der Waals surface area contributed by atoms with Gasteiger partial charge in [-0.1, -0.05) is 38.1 Å². The first-order valence-corrected chi connectivity index (χ1v) is 10.9. The van der Waals surface area contributed by atoms with Gasteiger partial charge in [-0.15, -0.1) is 0 Å². The molecule has 1 aliphatic rings. The smallest absolute Gasteiger partial charge is 0.263 e. The highest BCUT2D eigenvalue weighted by Gasteiger charge is 2.32. The van der Waals surface area contributed by atoms with Gasteiger partial charge in [0.05, 0.1) is 11.4 Å². The molecule has 0 spiro atoms. The van der Waals surface area contributed by atoms with E-state index in [1.165, 1.54) is 6.07 Å². The van der Waals surface area contributed by atoms with Crippen LogP contribution in [0.15, 0.2) is 58.4 Å². The Bertz CT molecular complexity index is 1030. The average Bonchev–Trinajstić information content (AvgIpc) is 2.93. The number of fused-ring (bicyclic) bond motifs is 1. The summed E-state index contributed by atoms with van der Waals surface area (Å²) in [6.45, 7) is 6.37. The monoisotopic (exact) mass is 415 g/mol. The molecule has 1 heterocycles. The van der Waals surface area contributed by atoms with E-state index in [9.17, 15) is 13.2 Å². The Morgan fingerprint density at radius 1 is 1.17 bits per heavy atom. The van der Waals surface area contributed by atoms with E-state index in [1.807, 2.05) is 45.0 Å². The van der Waals surface area contributed by atoms with Crippen LogP contribution in [0.2, 0.25) is 0 Å². The van der Waals surface area contributed by atoms with Crippen LogP contribution in [0.5, 0.6) is 5.75 Å². The van der Waals surface area contributed by atoms with Crippen LogP contribution < -0.4 is 14.8 Å². The molecule has 0 aromatic heterocycles. The molecule has 0 bridgehead atoms. The van der Waals surface area contributed by atoms with Crippen molar-refractivity contribution in [2.24, 2.45) is 10.9 Å². The van der Waals surface area contributed by atoms with E-state index in [0.29, 0.717) is 18.7 Å². The number of carbonyl (C=O) groups excluding carboxylic acids is 1. The minimum Gasteiger partial charge on any atom is -0.492 e. The van der Waals surface area contributed by atoms with Gasteiger partial charge in [-0.05, 0) is 42.7 Å². The van der Waals surface area contributed by atoms with Crippen molar-refractivity contribution in [3.63, 3.8) is 0 Å². The van der Waals surface area contributed by atoms with Crippen LogP contribution >= 0.6 is 0 Å². The molecule has 8 heteroatoms. The summed E-state index contributed by atoms with van der Waals surface area (Å²) in [5, 5.41) is 2.82. The first kappa shape index (κ1) is 20.9. The first-order chi connectivity index (χ1) is 13.8. The number of amidine groups is 1. The summed E-state index contributed by atoms with van der Waals surface area (Å²) in [7, 11) is -3.64. The molecule has 154 valence electrons. The molecule has 7 nitrogen and oxygen atoms in total. The van der Waals surface area contributed by atoms with E-state index in [4.69, 9.17) is 4.74 Å². The van der Waals surface area contributed by atoms with E-state index in [0.717, 1.165) is 11.3 Å². The number of rotatable bonds is 7. The molecule has 1 atom stereocenters. The van der Waals surface area contributed by atoms with Gasteiger partial charge in [-0.3, -0.25) is 14.5 Å². The van der Waals surface area contributed by atoms with Gasteiger partial charge in [-0.25, -0.2) is 8.42 Å². The maximum absolute atomic E-state index is 12.7. The Morgan fingerprint density at radius 2 is 1.93 bits per heavy atom. The molecule has 1 amide bonds. The Morgan fingerprint density at radius 3 is 2.66 bits per heavy atom. The van der Waals surface area contributed by atoms with Crippen molar-refractivity contribution in [1.82, 2.24) is 10.0 Å². The quantitative estimate of drug-likeness (QED) is 0.678.